The lowest BCUT2D eigenvalue weighted by atomic mass is 9.85. The van der Waals surface area contributed by atoms with E-state index in [0.717, 1.165) is 11.1 Å². The van der Waals surface area contributed by atoms with Crippen LogP contribution < -0.4 is 0 Å². The van der Waals surface area contributed by atoms with Crippen molar-refractivity contribution in [3.63, 3.8) is 0 Å². The maximum atomic E-state index is 13.7. The molecule has 1 spiro atoms. The molecule has 0 N–H and O–H groups in total. The standard InChI is InChI=1S/C25H29F3N4O2/c1-19(16-25(26,27)28)30-14-10-24(11-15-30)22(33)31(18-21-8-5-12-29-17-21)23(34)32(24)13-9-20-6-3-2-4-7-20/h2-8,12,17,19H,9-11,13-16,18H2,1H3/t19-/m1/s1. The number of pyridine rings is 1. The molecule has 0 saturated carbocycles. The molecule has 0 bridgehead atoms. The summed E-state index contributed by atoms with van der Waals surface area (Å²) in [5.41, 5.74) is 0.781. The normalized spacial score (nSPS) is 19.8. The maximum Gasteiger partial charge on any atom is 0.390 e. The second-order valence-corrected chi connectivity index (χ2v) is 9.16. The van der Waals surface area contributed by atoms with Crippen molar-refractivity contribution in [2.24, 2.45) is 0 Å². The SMILES string of the molecule is C[C@H](CC(F)(F)F)N1CCC2(CC1)C(=O)N(Cc1cccnc1)C(=O)N2CCc1ccccc1. The Balaban J connectivity index is 1.54. The molecule has 3 heterocycles. The number of hydrogen-bond donors (Lipinski definition) is 0. The fourth-order valence-corrected chi connectivity index (χ4v) is 5.07. The molecule has 0 aliphatic carbocycles. The van der Waals surface area contributed by atoms with Crippen LogP contribution in [0.25, 0.3) is 0 Å². The molecule has 182 valence electrons. The van der Waals surface area contributed by atoms with E-state index < -0.39 is 24.2 Å². The topological polar surface area (TPSA) is 56.8 Å². The van der Waals surface area contributed by atoms with Gasteiger partial charge in [-0.05, 0) is 43.4 Å². The minimum absolute atomic E-state index is 0.128. The van der Waals surface area contributed by atoms with Gasteiger partial charge in [0.05, 0.1) is 13.0 Å². The van der Waals surface area contributed by atoms with Crippen LogP contribution in [0.1, 0.15) is 37.3 Å². The number of halogens is 3. The van der Waals surface area contributed by atoms with Gasteiger partial charge >= 0.3 is 12.2 Å². The summed E-state index contributed by atoms with van der Waals surface area (Å²) in [7, 11) is 0. The Labute approximate surface area is 197 Å². The maximum absolute atomic E-state index is 13.7. The fourth-order valence-electron chi connectivity index (χ4n) is 5.07. The zero-order chi connectivity index (χ0) is 24.3. The first-order valence-corrected chi connectivity index (χ1v) is 11.6. The first-order valence-electron chi connectivity index (χ1n) is 11.6. The van der Waals surface area contributed by atoms with E-state index in [4.69, 9.17) is 0 Å². The van der Waals surface area contributed by atoms with Gasteiger partial charge in [-0.2, -0.15) is 13.2 Å². The van der Waals surface area contributed by atoms with E-state index in [2.05, 4.69) is 4.98 Å². The van der Waals surface area contributed by atoms with E-state index in [9.17, 15) is 22.8 Å². The van der Waals surface area contributed by atoms with Gasteiger partial charge in [0.25, 0.3) is 5.91 Å². The van der Waals surface area contributed by atoms with Crippen LogP contribution >= 0.6 is 0 Å². The van der Waals surface area contributed by atoms with Crippen LogP contribution in [0.5, 0.6) is 0 Å². The van der Waals surface area contributed by atoms with Crippen molar-refractivity contribution < 1.29 is 22.8 Å². The minimum Gasteiger partial charge on any atom is -0.309 e. The first kappa shape index (κ1) is 24.2. The second kappa shape index (κ2) is 9.74. The highest BCUT2D eigenvalue weighted by Crippen LogP contribution is 2.39. The molecule has 2 aliphatic rings. The number of benzene rings is 1. The monoisotopic (exact) mass is 474 g/mol. The van der Waals surface area contributed by atoms with Crippen molar-refractivity contribution in [3.8, 4) is 0 Å². The minimum atomic E-state index is -4.24. The van der Waals surface area contributed by atoms with E-state index in [1.807, 2.05) is 36.4 Å². The zero-order valence-electron chi connectivity index (χ0n) is 19.2. The first-order chi connectivity index (χ1) is 16.2. The number of alkyl halides is 3. The number of aromatic nitrogens is 1. The number of amides is 3. The van der Waals surface area contributed by atoms with Crippen LogP contribution in [0.4, 0.5) is 18.0 Å². The third-order valence-corrected chi connectivity index (χ3v) is 6.93. The molecule has 1 aromatic heterocycles. The summed E-state index contributed by atoms with van der Waals surface area (Å²) in [6.45, 7) is 2.73. The number of carbonyl (C=O) groups excluding carboxylic acids is 2. The van der Waals surface area contributed by atoms with Gasteiger partial charge in [0.2, 0.25) is 0 Å². The lowest BCUT2D eigenvalue weighted by Gasteiger charge is -2.44. The molecular formula is C25H29F3N4O2. The highest BCUT2D eigenvalue weighted by Gasteiger charge is 2.58. The van der Waals surface area contributed by atoms with Gasteiger partial charge in [-0.25, -0.2) is 4.79 Å². The molecule has 6 nitrogen and oxygen atoms in total. The van der Waals surface area contributed by atoms with E-state index in [1.54, 1.807) is 35.2 Å². The van der Waals surface area contributed by atoms with Crippen molar-refractivity contribution in [1.82, 2.24) is 19.7 Å². The van der Waals surface area contributed by atoms with Crippen molar-refractivity contribution in [2.45, 2.75) is 56.9 Å². The van der Waals surface area contributed by atoms with E-state index >= 15 is 0 Å². The van der Waals surface area contributed by atoms with Gasteiger partial charge in [0, 0.05) is 38.1 Å². The summed E-state index contributed by atoms with van der Waals surface area (Å²) in [5, 5.41) is 0. The number of nitrogens with zero attached hydrogens (tertiary/aromatic N) is 4. The van der Waals surface area contributed by atoms with E-state index in [1.165, 1.54) is 4.90 Å². The lowest BCUT2D eigenvalue weighted by Crippen LogP contribution is -2.58. The predicted octanol–water partition coefficient (Wildman–Crippen LogP) is 4.26. The number of imide groups is 1. The van der Waals surface area contributed by atoms with Gasteiger partial charge in [-0.15, -0.1) is 0 Å². The van der Waals surface area contributed by atoms with Crippen molar-refractivity contribution >= 4 is 11.9 Å². The quantitative estimate of drug-likeness (QED) is 0.563. The number of rotatable bonds is 7. The summed E-state index contributed by atoms with van der Waals surface area (Å²) in [5.74, 6) is -0.266. The van der Waals surface area contributed by atoms with Gasteiger partial charge < -0.3 is 9.80 Å². The summed E-state index contributed by atoms with van der Waals surface area (Å²) in [4.78, 5) is 35.9. The lowest BCUT2D eigenvalue weighted by molar-refractivity contribution is -0.150. The number of urea groups is 1. The molecule has 1 atom stereocenters. The Bertz CT molecular complexity index is 992. The van der Waals surface area contributed by atoms with E-state index in [0.29, 0.717) is 38.9 Å². The van der Waals surface area contributed by atoms with Crippen LogP contribution in [0.15, 0.2) is 54.9 Å². The van der Waals surface area contributed by atoms with Crippen LogP contribution in [-0.4, -0.2) is 69.0 Å². The van der Waals surface area contributed by atoms with Gasteiger partial charge in [-0.3, -0.25) is 14.7 Å². The third-order valence-electron chi connectivity index (χ3n) is 6.93. The molecule has 4 rings (SSSR count). The van der Waals surface area contributed by atoms with Crippen LogP contribution in [0, 0.1) is 0 Å². The Morgan fingerprint density at radius 2 is 1.71 bits per heavy atom. The van der Waals surface area contributed by atoms with Gasteiger partial charge in [-0.1, -0.05) is 36.4 Å². The molecule has 9 heteroatoms. The second-order valence-electron chi connectivity index (χ2n) is 9.16. The Morgan fingerprint density at radius 1 is 1.03 bits per heavy atom. The number of likely N-dealkylation sites (tertiary alicyclic amines) is 1. The highest BCUT2D eigenvalue weighted by molar-refractivity contribution is 6.07. The van der Waals surface area contributed by atoms with Crippen LogP contribution in [0.3, 0.4) is 0 Å². The molecule has 3 amide bonds. The molecule has 2 aromatic rings. The van der Waals surface area contributed by atoms with Gasteiger partial charge in [0.15, 0.2) is 0 Å². The van der Waals surface area contributed by atoms with Crippen molar-refractivity contribution in [1.29, 1.82) is 0 Å². The van der Waals surface area contributed by atoms with Crippen LogP contribution in [-0.2, 0) is 17.8 Å². The van der Waals surface area contributed by atoms with Crippen LogP contribution in [0.2, 0.25) is 0 Å². The molecule has 2 aliphatic heterocycles. The molecule has 0 radical (unpaired) electrons. The van der Waals surface area contributed by atoms with Gasteiger partial charge in [0.1, 0.15) is 5.54 Å². The number of hydrogen-bond acceptors (Lipinski definition) is 4. The average molecular weight is 475 g/mol. The number of carbonyl (C=O) groups is 2. The smallest absolute Gasteiger partial charge is 0.309 e. The largest absolute Gasteiger partial charge is 0.390 e. The van der Waals surface area contributed by atoms with Crippen molar-refractivity contribution in [2.75, 3.05) is 19.6 Å². The Kier molecular flexibility index (Phi) is 6.93. The Morgan fingerprint density at radius 3 is 2.32 bits per heavy atom. The molecule has 34 heavy (non-hydrogen) atoms. The van der Waals surface area contributed by atoms with E-state index in [-0.39, 0.29) is 18.5 Å². The summed E-state index contributed by atoms with van der Waals surface area (Å²) < 4.78 is 38.7. The summed E-state index contributed by atoms with van der Waals surface area (Å²) in [6, 6.07) is 12.3. The molecule has 2 saturated heterocycles. The fraction of sp³-hybridized carbons (Fsp3) is 0.480. The molecule has 0 unspecified atom stereocenters. The molecule has 2 fully saturated rings. The summed E-state index contributed by atoms with van der Waals surface area (Å²) in [6.07, 6.45) is -0.649. The van der Waals surface area contributed by atoms with Crippen molar-refractivity contribution in [3.05, 3.63) is 66.0 Å². The highest BCUT2D eigenvalue weighted by atomic mass is 19.4. The number of piperidine rings is 1. The molecular weight excluding hydrogens is 445 g/mol. The predicted molar refractivity (Wildman–Crippen MR) is 121 cm³/mol. The zero-order valence-corrected chi connectivity index (χ0v) is 19.2. The average Bonchev–Trinajstić information content (AvgIpc) is 2.99. The summed E-state index contributed by atoms with van der Waals surface area (Å²) >= 11 is 0. The molecule has 1 aromatic carbocycles. The Hall–Kier alpha value is -2.94. The third kappa shape index (κ3) is 5.09.